The molecule has 3 aromatic carbocycles. The van der Waals surface area contributed by atoms with Gasteiger partial charge >= 0.3 is 0 Å². The molecular weight excluding hydrogens is 432 g/mol. The minimum Gasteiger partial charge on any atom is -0.489 e. The van der Waals surface area contributed by atoms with Crippen LogP contribution in [-0.4, -0.2) is 45.3 Å². The summed E-state index contributed by atoms with van der Waals surface area (Å²) in [5.74, 6) is 0.905. The van der Waals surface area contributed by atoms with E-state index >= 15 is 0 Å². The minimum atomic E-state index is -3.17. The summed E-state index contributed by atoms with van der Waals surface area (Å²) in [5.41, 5.74) is 3.60. The summed E-state index contributed by atoms with van der Waals surface area (Å²) in [6.07, 6.45) is 2.28. The van der Waals surface area contributed by atoms with Gasteiger partial charge in [-0.25, -0.2) is 8.42 Å². The molecule has 1 fully saturated rings. The van der Waals surface area contributed by atoms with E-state index in [9.17, 15) is 8.42 Å². The van der Waals surface area contributed by atoms with Crippen LogP contribution >= 0.6 is 0 Å². The van der Waals surface area contributed by atoms with Crippen molar-refractivity contribution in [3.05, 3.63) is 90.0 Å². The highest BCUT2D eigenvalue weighted by Gasteiger charge is 2.24. The molecule has 1 heterocycles. The van der Waals surface area contributed by atoms with Crippen LogP contribution in [0.1, 0.15) is 24.5 Å². The number of hydrogen-bond acceptors (Lipinski definition) is 5. The highest BCUT2D eigenvalue weighted by Crippen LogP contribution is 2.25. The van der Waals surface area contributed by atoms with Gasteiger partial charge in [0.2, 0.25) is 0 Å². The van der Waals surface area contributed by atoms with Crippen LogP contribution in [0.2, 0.25) is 0 Å². The third-order valence-corrected chi connectivity index (χ3v) is 7.21. The molecule has 33 heavy (non-hydrogen) atoms. The predicted octanol–water partition coefficient (Wildman–Crippen LogP) is 4.77. The molecule has 0 spiro atoms. The summed E-state index contributed by atoms with van der Waals surface area (Å²) in [4.78, 5) is 5.02. The van der Waals surface area contributed by atoms with Gasteiger partial charge in [0, 0.05) is 38.0 Å². The lowest BCUT2D eigenvalue weighted by atomic mass is 10.1. The molecule has 1 aliphatic rings. The van der Waals surface area contributed by atoms with Gasteiger partial charge in [-0.3, -0.25) is 4.90 Å². The second-order valence-electron chi connectivity index (χ2n) is 8.68. The van der Waals surface area contributed by atoms with Crippen molar-refractivity contribution in [1.82, 2.24) is 4.90 Å². The van der Waals surface area contributed by atoms with Crippen molar-refractivity contribution in [3.8, 4) is 5.75 Å². The Morgan fingerprint density at radius 2 is 1.64 bits per heavy atom. The zero-order chi connectivity index (χ0) is 23.3. The minimum absolute atomic E-state index is 0.112. The van der Waals surface area contributed by atoms with Crippen molar-refractivity contribution < 1.29 is 13.2 Å². The second-order valence-corrected chi connectivity index (χ2v) is 10.7. The number of anilines is 1. The molecular formula is C27H32N2O3S. The van der Waals surface area contributed by atoms with Gasteiger partial charge in [-0.2, -0.15) is 0 Å². The smallest absolute Gasteiger partial charge is 0.175 e. The third kappa shape index (κ3) is 6.36. The SMILES string of the molecule is CCN(Cc1ccccc1)Cc1cccc(OC2CCN(c3ccc(S(C)(=O)=O)cc3)C2)c1. The van der Waals surface area contributed by atoms with E-state index in [4.69, 9.17) is 4.74 Å². The Balaban J connectivity index is 1.35. The number of sulfone groups is 1. The number of benzene rings is 3. The molecule has 0 N–H and O–H groups in total. The summed E-state index contributed by atoms with van der Waals surface area (Å²) in [6, 6.07) is 26.1. The van der Waals surface area contributed by atoms with Gasteiger partial charge in [-0.15, -0.1) is 0 Å². The van der Waals surface area contributed by atoms with Gasteiger partial charge in [0.1, 0.15) is 11.9 Å². The van der Waals surface area contributed by atoms with Crippen LogP contribution in [0.5, 0.6) is 5.75 Å². The van der Waals surface area contributed by atoms with E-state index in [1.54, 1.807) is 12.1 Å². The van der Waals surface area contributed by atoms with E-state index in [0.717, 1.165) is 50.6 Å². The van der Waals surface area contributed by atoms with Crippen molar-refractivity contribution >= 4 is 15.5 Å². The lowest BCUT2D eigenvalue weighted by Gasteiger charge is -2.22. The molecule has 1 aliphatic heterocycles. The van der Waals surface area contributed by atoms with E-state index < -0.39 is 9.84 Å². The van der Waals surface area contributed by atoms with E-state index in [0.29, 0.717) is 4.90 Å². The topological polar surface area (TPSA) is 49.9 Å². The van der Waals surface area contributed by atoms with Crippen LogP contribution < -0.4 is 9.64 Å². The summed E-state index contributed by atoms with van der Waals surface area (Å²) in [5, 5.41) is 0. The molecule has 3 aromatic rings. The molecule has 0 amide bonds. The lowest BCUT2D eigenvalue weighted by Crippen LogP contribution is -2.24. The molecule has 4 rings (SSSR count). The van der Waals surface area contributed by atoms with Gasteiger partial charge in [0.25, 0.3) is 0 Å². The molecule has 0 aliphatic carbocycles. The fourth-order valence-corrected chi connectivity index (χ4v) is 4.88. The van der Waals surface area contributed by atoms with Crippen LogP contribution in [0.25, 0.3) is 0 Å². The molecule has 1 unspecified atom stereocenters. The maximum absolute atomic E-state index is 11.7. The average molecular weight is 465 g/mol. The fourth-order valence-electron chi connectivity index (χ4n) is 4.25. The molecule has 174 valence electrons. The predicted molar refractivity (Wildman–Crippen MR) is 133 cm³/mol. The summed E-state index contributed by atoms with van der Waals surface area (Å²) in [6.45, 7) is 6.67. The van der Waals surface area contributed by atoms with E-state index in [1.165, 1.54) is 17.4 Å². The lowest BCUT2D eigenvalue weighted by molar-refractivity contribution is 0.224. The average Bonchev–Trinajstić information content (AvgIpc) is 3.27. The first-order chi connectivity index (χ1) is 15.9. The maximum Gasteiger partial charge on any atom is 0.175 e. The molecule has 0 bridgehead atoms. The van der Waals surface area contributed by atoms with Crippen molar-refractivity contribution in [2.75, 3.05) is 30.8 Å². The third-order valence-electron chi connectivity index (χ3n) is 6.08. The van der Waals surface area contributed by atoms with E-state index in [-0.39, 0.29) is 6.10 Å². The number of ether oxygens (including phenoxy) is 1. The van der Waals surface area contributed by atoms with Crippen molar-refractivity contribution in [2.24, 2.45) is 0 Å². The van der Waals surface area contributed by atoms with Crippen LogP contribution in [0.3, 0.4) is 0 Å². The Hall–Kier alpha value is -2.83. The summed E-state index contributed by atoms with van der Waals surface area (Å²) in [7, 11) is -3.17. The molecule has 0 aromatic heterocycles. The number of rotatable bonds is 9. The Morgan fingerprint density at radius 1 is 0.939 bits per heavy atom. The normalized spacial score (nSPS) is 16.3. The first-order valence-electron chi connectivity index (χ1n) is 11.5. The fraction of sp³-hybridized carbons (Fsp3) is 0.333. The Kier molecular flexibility index (Phi) is 7.36. The monoisotopic (exact) mass is 464 g/mol. The van der Waals surface area contributed by atoms with E-state index in [1.807, 2.05) is 18.2 Å². The first kappa shape index (κ1) is 23.3. The zero-order valence-corrected chi connectivity index (χ0v) is 20.2. The molecule has 1 atom stereocenters. The standard InChI is InChI=1S/C27H32N2O3S/c1-3-28(19-22-8-5-4-6-9-22)20-23-10-7-11-25(18-23)32-26-16-17-29(21-26)24-12-14-27(15-13-24)33(2,30)31/h4-15,18,26H,3,16-17,19-21H2,1-2H3. The van der Waals surface area contributed by atoms with Gasteiger partial charge in [-0.05, 0) is 54.1 Å². The summed E-state index contributed by atoms with van der Waals surface area (Å²) >= 11 is 0. The van der Waals surface area contributed by atoms with Crippen molar-refractivity contribution in [2.45, 2.75) is 37.4 Å². The van der Waals surface area contributed by atoms with Crippen LogP contribution in [-0.2, 0) is 22.9 Å². The number of hydrogen-bond donors (Lipinski definition) is 0. The molecule has 5 nitrogen and oxygen atoms in total. The van der Waals surface area contributed by atoms with Crippen LogP contribution in [0.15, 0.2) is 83.8 Å². The second kappa shape index (κ2) is 10.4. The maximum atomic E-state index is 11.7. The molecule has 6 heteroatoms. The summed E-state index contributed by atoms with van der Waals surface area (Å²) < 4.78 is 29.7. The Morgan fingerprint density at radius 3 is 2.33 bits per heavy atom. The quantitative estimate of drug-likeness (QED) is 0.457. The largest absolute Gasteiger partial charge is 0.489 e. The molecule has 1 saturated heterocycles. The molecule has 0 saturated carbocycles. The van der Waals surface area contributed by atoms with Gasteiger partial charge < -0.3 is 9.64 Å². The van der Waals surface area contributed by atoms with Crippen molar-refractivity contribution in [3.63, 3.8) is 0 Å². The van der Waals surface area contributed by atoms with E-state index in [2.05, 4.69) is 65.3 Å². The Bertz CT molecular complexity index is 1150. The highest BCUT2D eigenvalue weighted by atomic mass is 32.2. The van der Waals surface area contributed by atoms with Crippen LogP contribution in [0, 0.1) is 0 Å². The highest BCUT2D eigenvalue weighted by molar-refractivity contribution is 7.90. The first-order valence-corrected chi connectivity index (χ1v) is 13.4. The van der Waals surface area contributed by atoms with Crippen LogP contribution in [0.4, 0.5) is 5.69 Å². The van der Waals surface area contributed by atoms with Gasteiger partial charge in [-0.1, -0.05) is 49.4 Å². The van der Waals surface area contributed by atoms with Gasteiger partial charge in [0.15, 0.2) is 9.84 Å². The zero-order valence-electron chi connectivity index (χ0n) is 19.4. The number of nitrogens with zero attached hydrogens (tertiary/aromatic N) is 2. The van der Waals surface area contributed by atoms with Gasteiger partial charge in [0.05, 0.1) is 11.4 Å². The molecule has 0 radical (unpaired) electrons. The van der Waals surface area contributed by atoms with Crippen molar-refractivity contribution in [1.29, 1.82) is 0 Å². The Labute approximate surface area is 197 Å².